The molecule has 5 heteroatoms. The van der Waals surface area contributed by atoms with Gasteiger partial charge in [-0.3, -0.25) is 9.59 Å². The van der Waals surface area contributed by atoms with Gasteiger partial charge in [0.1, 0.15) is 5.25 Å². The Bertz CT molecular complexity index is 462. The molecule has 0 heterocycles. The lowest BCUT2D eigenvalue weighted by Gasteiger charge is -2.11. The van der Waals surface area contributed by atoms with Gasteiger partial charge in [-0.25, -0.2) is 0 Å². The number of thioether (sulfide) groups is 1. The van der Waals surface area contributed by atoms with E-state index >= 15 is 0 Å². The van der Waals surface area contributed by atoms with Gasteiger partial charge in [-0.05, 0) is 25.5 Å². The smallest absolute Gasteiger partial charge is 0.316 e. The van der Waals surface area contributed by atoms with Gasteiger partial charge in [0.05, 0.1) is 5.56 Å². The van der Waals surface area contributed by atoms with E-state index in [1.54, 1.807) is 25.1 Å². The monoisotopic (exact) mass is 295 g/mol. The number of carboxylic acid groups (broad SMARTS) is 1. The summed E-state index contributed by atoms with van der Waals surface area (Å²) < 4.78 is 0. The van der Waals surface area contributed by atoms with E-state index < -0.39 is 11.2 Å². The van der Waals surface area contributed by atoms with Gasteiger partial charge >= 0.3 is 5.97 Å². The first-order valence-electron chi connectivity index (χ1n) is 6.83. The first-order chi connectivity index (χ1) is 9.56. The van der Waals surface area contributed by atoms with Crippen LogP contribution in [0, 0.1) is 0 Å². The average molecular weight is 295 g/mol. The van der Waals surface area contributed by atoms with Crippen molar-refractivity contribution in [1.29, 1.82) is 0 Å². The molecule has 0 aromatic heterocycles. The lowest BCUT2D eigenvalue weighted by atomic mass is 10.2. The topological polar surface area (TPSA) is 66.4 Å². The molecule has 1 rings (SSSR count). The maximum absolute atomic E-state index is 12.1. The molecule has 1 atom stereocenters. The van der Waals surface area contributed by atoms with Crippen molar-refractivity contribution in [3.63, 3.8) is 0 Å². The Morgan fingerprint density at radius 3 is 2.65 bits per heavy atom. The summed E-state index contributed by atoms with van der Waals surface area (Å²) in [4.78, 5) is 23.7. The van der Waals surface area contributed by atoms with E-state index in [9.17, 15) is 9.59 Å². The third kappa shape index (κ3) is 5.25. The van der Waals surface area contributed by atoms with Gasteiger partial charge in [0, 0.05) is 11.4 Å². The zero-order valence-electron chi connectivity index (χ0n) is 11.9. The Balaban J connectivity index is 2.69. The summed E-state index contributed by atoms with van der Waals surface area (Å²) in [6.45, 7) is 4.38. The number of hydrogen-bond donors (Lipinski definition) is 2. The Labute approximate surface area is 124 Å². The lowest BCUT2D eigenvalue weighted by Crippen LogP contribution is -2.25. The van der Waals surface area contributed by atoms with Crippen LogP contribution in [-0.2, 0) is 4.79 Å². The second kappa shape index (κ2) is 8.64. The molecular weight excluding hydrogens is 274 g/mol. The molecule has 4 nitrogen and oxygen atoms in total. The molecule has 0 radical (unpaired) electrons. The number of rotatable bonds is 8. The van der Waals surface area contributed by atoms with E-state index in [0.717, 1.165) is 19.3 Å². The van der Waals surface area contributed by atoms with E-state index in [-0.39, 0.29) is 5.91 Å². The van der Waals surface area contributed by atoms with Gasteiger partial charge in [0.15, 0.2) is 0 Å². The van der Waals surface area contributed by atoms with Gasteiger partial charge in [-0.1, -0.05) is 31.9 Å². The molecule has 1 amide bonds. The van der Waals surface area contributed by atoms with E-state index in [2.05, 4.69) is 12.2 Å². The number of nitrogens with one attached hydrogen (secondary N) is 1. The standard InChI is InChI=1S/C15H21NO3S/c1-3-4-7-10-16-14(17)12-8-5-6-9-13(12)20-11(2)15(18)19/h5-6,8-9,11H,3-4,7,10H2,1-2H3,(H,16,17)(H,18,19). The number of carbonyl (C=O) groups is 2. The number of unbranched alkanes of at least 4 members (excludes halogenated alkanes) is 2. The largest absolute Gasteiger partial charge is 0.480 e. The van der Waals surface area contributed by atoms with Gasteiger partial charge in [0.25, 0.3) is 5.91 Å². The maximum atomic E-state index is 12.1. The normalized spacial score (nSPS) is 11.9. The van der Waals surface area contributed by atoms with Crippen molar-refractivity contribution in [2.75, 3.05) is 6.54 Å². The molecule has 0 saturated carbocycles. The second-order valence-electron chi connectivity index (χ2n) is 4.56. The van der Waals surface area contributed by atoms with Crippen molar-refractivity contribution in [2.45, 2.75) is 43.3 Å². The van der Waals surface area contributed by atoms with E-state index in [1.807, 2.05) is 6.07 Å². The predicted octanol–water partition coefficient (Wildman–Crippen LogP) is 3.17. The highest BCUT2D eigenvalue weighted by Gasteiger charge is 2.17. The summed E-state index contributed by atoms with van der Waals surface area (Å²) in [7, 11) is 0. The molecule has 0 spiro atoms. The van der Waals surface area contributed by atoms with E-state index in [0.29, 0.717) is 17.0 Å². The maximum Gasteiger partial charge on any atom is 0.316 e. The van der Waals surface area contributed by atoms with Crippen LogP contribution in [0.2, 0.25) is 0 Å². The average Bonchev–Trinajstić information content (AvgIpc) is 2.43. The van der Waals surface area contributed by atoms with Gasteiger partial charge in [-0.15, -0.1) is 11.8 Å². The molecule has 0 aliphatic heterocycles. The summed E-state index contributed by atoms with van der Waals surface area (Å²) in [5, 5.41) is 11.2. The Hall–Kier alpha value is -1.49. The minimum Gasteiger partial charge on any atom is -0.480 e. The first kappa shape index (κ1) is 16.6. The lowest BCUT2D eigenvalue weighted by molar-refractivity contribution is -0.136. The van der Waals surface area contributed by atoms with Crippen LogP contribution in [0.3, 0.4) is 0 Å². The number of hydrogen-bond acceptors (Lipinski definition) is 3. The van der Waals surface area contributed by atoms with Crippen LogP contribution in [0.4, 0.5) is 0 Å². The van der Waals surface area contributed by atoms with Crippen molar-refractivity contribution in [2.24, 2.45) is 0 Å². The number of carboxylic acids is 1. The highest BCUT2D eigenvalue weighted by molar-refractivity contribution is 8.00. The van der Waals surface area contributed by atoms with Crippen LogP contribution in [0.1, 0.15) is 43.5 Å². The fourth-order valence-electron chi connectivity index (χ4n) is 1.67. The number of carbonyl (C=O) groups excluding carboxylic acids is 1. The minimum atomic E-state index is -0.881. The molecule has 2 N–H and O–H groups in total. The van der Waals surface area contributed by atoms with Crippen LogP contribution in [0.25, 0.3) is 0 Å². The first-order valence-corrected chi connectivity index (χ1v) is 7.71. The Morgan fingerprint density at radius 1 is 1.30 bits per heavy atom. The highest BCUT2D eigenvalue weighted by atomic mass is 32.2. The molecule has 20 heavy (non-hydrogen) atoms. The van der Waals surface area contributed by atoms with Gasteiger partial charge in [-0.2, -0.15) is 0 Å². The zero-order chi connectivity index (χ0) is 15.0. The van der Waals surface area contributed by atoms with Crippen molar-refractivity contribution in [1.82, 2.24) is 5.32 Å². The van der Waals surface area contributed by atoms with E-state index in [4.69, 9.17) is 5.11 Å². The van der Waals surface area contributed by atoms with Crippen LogP contribution in [0.5, 0.6) is 0 Å². The molecule has 0 aliphatic rings. The van der Waals surface area contributed by atoms with Crippen molar-refractivity contribution in [3.8, 4) is 0 Å². The van der Waals surface area contributed by atoms with Crippen LogP contribution >= 0.6 is 11.8 Å². The van der Waals surface area contributed by atoms with Gasteiger partial charge in [0.2, 0.25) is 0 Å². The quantitative estimate of drug-likeness (QED) is 0.571. The molecule has 0 saturated heterocycles. The van der Waals surface area contributed by atoms with Gasteiger partial charge < -0.3 is 10.4 Å². The Kier molecular flexibility index (Phi) is 7.15. The molecule has 0 bridgehead atoms. The number of benzene rings is 1. The van der Waals surface area contributed by atoms with Crippen molar-refractivity contribution >= 4 is 23.6 Å². The molecule has 1 unspecified atom stereocenters. The van der Waals surface area contributed by atoms with Crippen molar-refractivity contribution in [3.05, 3.63) is 29.8 Å². The molecule has 1 aromatic carbocycles. The Morgan fingerprint density at radius 2 is 2.00 bits per heavy atom. The summed E-state index contributed by atoms with van der Waals surface area (Å²) >= 11 is 1.19. The van der Waals surface area contributed by atoms with Crippen molar-refractivity contribution < 1.29 is 14.7 Å². The molecule has 0 aliphatic carbocycles. The molecule has 0 fully saturated rings. The number of amides is 1. The molecule has 1 aromatic rings. The van der Waals surface area contributed by atoms with Crippen LogP contribution in [-0.4, -0.2) is 28.8 Å². The van der Waals surface area contributed by atoms with Crippen LogP contribution < -0.4 is 5.32 Å². The highest BCUT2D eigenvalue weighted by Crippen LogP contribution is 2.26. The number of aliphatic carboxylic acids is 1. The third-order valence-electron chi connectivity index (χ3n) is 2.85. The third-order valence-corrected chi connectivity index (χ3v) is 4.01. The fraction of sp³-hybridized carbons (Fsp3) is 0.467. The molecule has 110 valence electrons. The fourth-order valence-corrected chi connectivity index (χ4v) is 2.60. The summed E-state index contributed by atoms with van der Waals surface area (Å²) in [6, 6.07) is 7.11. The molecular formula is C15H21NO3S. The summed E-state index contributed by atoms with van der Waals surface area (Å²) in [5.41, 5.74) is 0.544. The van der Waals surface area contributed by atoms with Crippen LogP contribution in [0.15, 0.2) is 29.2 Å². The SMILES string of the molecule is CCCCCNC(=O)c1ccccc1SC(C)C(=O)O. The predicted molar refractivity (Wildman–Crippen MR) is 81.3 cm³/mol. The van der Waals surface area contributed by atoms with E-state index in [1.165, 1.54) is 11.8 Å². The zero-order valence-corrected chi connectivity index (χ0v) is 12.7. The summed E-state index contributed by atoms with van der Waals surface area (Å²) in [6.07, 6.45) is 3.16. The summed E-state index contributed by atoms with van der Waals surface area (Å²) in [5.74, 6) is -1.02. The second-order valence-corrected chi connectivity index (χ2v) is 5.94. The minimum absolute atomic E-state index is 0.137.